The third kappa shape index (κ3) is 2.26. The molecule has 0 radical (unpaired) electrons. The predicted molar refractivity (Wildman–Crippen MR) is 86.3 cm³/mol. The highest BCUT2D eigenvalue weighted by atomic mass is 32.1. The molecule has 0 atom stereocenters. The molecule has 6 heteroatoms. The fourth-order valence-corrected chi connectivity index (χ4v) is 4.74. The Labute approximate surface area is 132 Å². The first-order valence-corrected chi connectivity index (χ1v) is 8.83. The lowest BCUT2D eigenvalue weighted by molar-refractivity contribution is -0.132. The summed E-state index contributed by atoms with van der Waals surface area (Å²) in [7, 11) is 0. The molecular formula is C16H19N3O2S. The molecule has 1 aliphatic carbocycles. The summed E-state index contributed by atoms with van der Waals surface area (Å²) in [5, 5.41) is 0.756. The van der Waals surface area contributed by atoms with E-state index in [-0.39, 0.29) is 18.0 Å². The summed E-state index contributed by atoms with van der Waals surface area (Å²) in [6.45, 7) is 1.75. The van der Waals surface area contributed by atoms with Gasteiger partial charge in [0.1, 0.15) is 11.4 Å². The fourth-order valence-electron chi connectivity index (χ4n) is 3.52. The van der Waals surface area contributed by atoms with Gasteiger partial charge in [0.15, 0.2) is 0 Å². The van der Waals surface area contributed by atoms with Crippen LogP contribution in [-0.2, 0) is 24.2 Å². The molecule has 2 aromatic heterocycles. The number of amides is 1. The van der Waals surface area contributed by atoms with Crippen LogP contribution in [0, 0.1) is 0 Å². The van der Waals surface area contributed by atoms with Gasteiger partial charge in [-0.25, -0.2) is 4.98 Å². The van der Waals surface area contributed by atoms with Gasteiger partial charge >= 0.3 is 0 Å². The topological polar surface area (TPSA) is 55.2 Å². The average molecular weight is 317 g/mol. The first-order chi connectivity index (χ1) is 10.7. The minimum Gasteiger partial charge on any atom is -0.341 e. The molecular weight excluding hydrogens is 298 g/mol. The van der Waals surface area contributed by atoms with Crippen LogP contribution in [0.2, 0.25) is 0 Å². The molecule has 0 spiro atoms. The molecule has 4 rings (SSSR count). The van der Waals surface area contributed by atoms with Crippen LogP contribution in [-0.4, -0.2) is 33.4 Å². The molecule has 0 N–H and O–H groups in total. The quantitative estimate of drug-likeness (QED) is 0.851. The molecule has 2 aromatic rings. The molecule has 1 fully saturated rings. The summed E-state index contributed by atoms with van der Waals surface area (Å²) in [5.74, 6) is 0.0369. The lowest BCUT2D eigenvalue weighted by atomic mass is 10.1. The van der Waals surface area contributed by atoms with Gasteiger partial charge in [-0.3, -0.25) is 14.2 Å². The molecule has 1 amide bonds. The molecule has 0 aromatic carbocycles. The molecule has 0 bridgehead atoms. The van der Waals surface area contributed by atoms with Crippen molar-refractivity contribution in [3.8, 4) is 0 Å². The number of thiophene rings is 1. The fraction of sp³-hybridized carbons (Fsp3) is 0.562. The zero-order valence-electron chi connectivity index (χ0n) is 12.5. The lowest BCUT2D eigenvalue weighted by Crippen LogP contribution is -2.39. The second kappa shape index (κ2) is 5.50. The number of fused-ring (bicyclic) bond motifs is 3. The summed E-state index contributed by atoms with van der Waals surface area (Å²) >= 11 is 1.64. The summed E-state index contributed by atoms with van der Waals surface area (Å²) in [5.41, 5.74) is 1.13. The van der Waals surface area contributed by atoms with Gasteiger partial charge in [-0.05, 0) is 44.1 Å². The van der Waals surface area contributed by atoms with E-state index in [4.69, 9.17) is 0 Å². The number of carbonyl (C=O) groups excluding carboxylic acids is 1. The van der Waals surface area contributed by atoms with Crippen LogP contribution in [0.5, 0.6) is 0 Å². The number of aromatic nitrogens is 2. The zero-order valence-corrected chi connectivity index (χ0v) is 13.3. The number of aryl methyl sites for hydroxylation is 2. The molecule has 116 valence electrons. The van der Waals surface area contributed by atoms with E-state index in [1.165, 1.54) is 27.8 Å². The van der Waals surface area contributed by atoms with Crippen molar-refractivity contribution in [2.75, 3.05) is 13.1 Å². The van der Waals surface area contributed by atoms with E-state index >= 15 is 0 Å². The van der Waals surface area contributed by atoms with Crippen molar-refractivity contribution in [2.45, 2.75) is 45.1 Å². The van der Waals surface area contributed by atoms with Crippen molar-refractivity contribution < 1.29 is 4.79 Å². The molecule has 22 heavy (non-hydrogen) atoms. The van der Waals surface area contributed by atoms with Crippen LogP contribution >= 0.6 is 11.3 Å². The highest BCUT2D eigenvalue weighted by molar-refractivity contribution is 7.18. The van der Waals surface area contributed by atoms with Gasteiger partial charge < -0.3 is 4.90 Å². The van der Waals surface area contributed by atoms with Crippen molar-refractivity contribution in [3.63, 3.8) is 0 Å². The van der Waals surface area contributed by atoms with Gasteiger partial charge in [0.25, 0.3) is 5.56 Å². The second-order valence-electron chi connectivity index (χ2n) is 6.16. The van der Waals surface area contributed by atoms with Crippen LogP contribution in [0.3, 0.4) is 0 Å². The molecule has 2 aliphatic rings. The van der Waals surface area contributed by atoms with Crippen LogP contribution < -0.4 is 5.56 Å². The van der Waals surface area contributed by atoms with Gasteiger partial charge in [-0.2, -0.15) is 0 Å². The van der Waals surface area contributed by atoms with E-state index in [1.807, 2.05) is 4.90 Å². The van der Waals surface area contributed by atoms with Gasteiger partial charge in [0.05, 0.1) is 11.7 Å². The van der Waals surface area contributed by atoms with Gasteiger partial charge in [-0.1, -0.05) is 0 Å². The summed E-state index contributed by atoms with van der Waals surface area (Å²) < 4.78 is 1.49. The number of hydrogen-bond acceptors (Lipinski definition) is 4. The molecule has 0 unspecified atom stereocenters. The van der Waals surface area contributed by atoms with E-state index in [1.54, 1.807) is 11.3 Å². The van der Waals surface area contributed by atoms with Crippen molar-refractivity contribution in [1.29, 1.82) is 0 Å². The normalized spacial score (nSPS) is 17.9. The Balaban J connectivity index is 1.66. The monoisotopic (exact) mass is 317 g/mol. The Kier molecular flexibility index (Phi) is 3.48. The first kappa shape index (κ1) is 13.9. The lowest BCUT2D eigenvalue weighted by Gasteiger charge is -2.26. The number of piperidine rings is 1. The molecule has 0 saturated carbocycles. The van der Waals surface area contributed by atoms with E-state index < -0.39 is 0 Å². The Bertz CT molecular complexity index is 787. The van der Waals surface area contributed by atoms with E-state index in [0.29, 0.717) is 0 Å². The van der Waals surface area contributed by atoms with Gasteiger partial charge in [0.2, 0.25) is 5.91 Å². The highest BCUT2D eigenvalue weighted by Gasteiger charge is 2.22. The van der Waals surface area contributed by atoms with Crippen molar-refractivity contribution in [3.05, 3.63) is 27.1 Å². The summed E-state index contributed by atoms with van der Waals surface area (Å²) in [4.78, 5) is 33.5. The maximum atomic E-state index is 12.7. The van der Waals surface area contributed by atoms with E-state index in [0.717, 1.165) is 55.4 Å². The van der Waals surface area contributed by atoms with Crippen LogP contribution in [0.4, 0.5) is 0 Å². The summed E-state index contributed by atoms with van der Waals surface area (Å²) in [6.07, 6.45) is 8.01. The smallest absolute Gasteiger partial charge is 0.262 e. The van der Waals surface area contributed by atoms with Crippen LogP contribution in [0.1, 0.15) is 36.1 Å². The van der Waals surface area contributed by atoms with Gasteiger partial charge in [0, 0.05) is 18.0 Å². The van der Waals surface area contributed by atoms with E-state index in [9.17, 15) is 9.59 Å². The van der Waals surface area contributed by atoms with Crippen molar-refractivity contribution >= 4 is 27.5 Å². The van der Waals surface area contributed by atoms with Crippen molar-refractivity contribution in [2.24, 2.45) is 0 Å². The minimum atomic E-state index is -0.0465. The third-order valence-electron chi connectivity index (χ3n) is 4.71. The molecule has 1 aliphatic heterocycles. The van der Waals surface area contributed by atoms with Crippen LogP contribution in [0.25, 0.3) is 10.2 Å². The van der Waals surface area contributed by atoms with Gasteiger partial charge in [-0.15, -0.1) is 11.3 Å². The number of hydrogen-bond donors (Lipinski definition) is 0. The largest absolute Gasteiger partial charge is 0.341 e. The number of carbonyl (C=O) groups is 1. The average Bonchev–Trinajstić information content (AvgIpc) is 3.11. The summed E-state index contributed by atoms with van der Waals surface area (Å²) in [6, 6.07) is 0. The molecule has 1 saturated heterocycles. The molecule has 3 heterocycles. The Morgan fingerprint density at radius 1 is 1.18 bits per heavy atom. The first-order valence-electron chi connectivity index (χ1n) is 8.01. The molecule has 5 nitrogen and oxygen atoms in total. The Hall–Kier alpha value is -1.69. The SMILES string of the molecule is O=C(Cn1cnc2sc3c(c2c1=O)CCC3)N1CCCCC1. The van der Waals surface area contributed by atoms with E-state index in [2.05, 4.69) is 4.98 Å². The number of rotatable bonds is 2. The zero-order chi connectivity index (χ0) is 15.1. The second-order valence-corrected chi connectivity index (χ2v) is 7.24. The van der Waals surface area contributed by atoms with Crippen molar-refractivity contribution in [1.82, 2.24) is 14.5 Å². The maximum absolute atomic E-state index is 12.7. The standard InChI is InChI=1S/C16H19N3O2S/c20-13(18-7-2-1-3-8-18)9-19-10-17-15-14(16(19)21)11-5-4-6-12(11)22-15/h10H,1-9H2. The number of nitrogens with zero attached hydrogens (tertiary/aromatic N) is 3. The Morgan fingerprint density at radius 2 is 2.00 bits per heavy atom. The maximum Gasteiger partial charge on any atom is 0.262 e. The third-order valence-corrected chi connectivity index (χ3v) is 5.91. The van der Waals surface area contributed by atoms with Crippen LogP contribution in [0.15, 0.2) is 11.1 Å². The number of likely N-dealkylation sites (tertiary alicyclic amines) is 1. The minimum absolute atomic E-state index is 0.0369. The Morgan fingerprint density at radius 3 is 2.82 bits per heavy atom. The highest BCUT2D eigenvalue weighted by Crippen LogP contribution is 2.34. The predicted octanol–water partition coefficient (Wildman–Crippen LogP) is 1.96.